The topological polar surface area (TPSA) is 116 Å². The molecule has 1 saturated carbocycles. The third-order valence-corrected chi connectivity index (χ3v) is 9.94. The zero-order valence-electron chi connectivity index (χ0n) is 27.4. The van der Waals surface area contributed by atoms with Gasteiger partial charge in [0.1, 0.15) is 12.6 Å². The maximum Gasteiger partial charge on any atom is 0.410 e. The minimum Gasteiger partial charge on any atom is -0.480 e. The minimum absolute atomic E-state index is 0.00451. The number of nitrogens with zero attached hydrogens (tertiary/aromatic N) is 4. The van der Waals surface area contributed by atoms with E-state index in [1.165, 1.54) is 24.1 Å². The van der Waals surface area contributed by atoms with Crippen LogP contribution in [0.4, 0.5) is 10.5 Å². The van der Waals surface area contributed by atoms with Gasteiger partial charge < -0.3 is 19.6 Å². The van der Waals surface area contributed by atoms with Crippen LogP contribution >= 0.6 is 0 Å². The van der Waals surface area contributed by atoms with Crippen LogP contribution in [-0.4, -0.2) is 88.6 Å². The predicted molar refractivity (Wildman–Crippen MR) is 179 cm³/mol. The highest BCUT2D eigenvalue weighted by Crippen LogP contribution is 2.34. The number of carbonyl (C=O) groups is 2. The molecular weight excluding hydrogens is 584 g/mol. The van der Waals surface area contributed by atoms with Crippen molar-refractivity contribution in [1.82, 2.24) is 14.7 Å². The van der Waals surface area contributed by atoms with Gasteiger partial charge in [-0.3, -0.25) is 19.8 Å². The summed E-state index contributed by atoms with van der Waals surface area (Å²) in [6.07, 6.45) is 9.16. The highest BCUT2D eigenvalue weighted by Gasteiger charge is 2.38. The summed E-state index contributed by atoms with van der Waals surface area (Å²) in [5.41, 5.74) is 1.67. The lowest BCUT2D eigenvalue weighted by molar-refractivity contribution is -0.384. The van der Waals surface area contributed by atoms with Crippen LogP contribution in [-0.2, 0) is 21.6 Å². The number of hydrogen-bond acceptors (Lipinski definition) is 7. The molecule has 0 aromatic heterocycles. The normalized spacial score (nSPS) is 18.4. The van der Waals surface area contributed by atoms with Crippen molar-refractivity contribution in [2.45, 2.75) is 82.4 Å². The molecule has 0 bridgehead atoms. The molecule has 1 aliphatic carbocycles. The van der Waals surface area contributed by atoms with Crippen molar-refractivity contribution >= 4 is 17.7 Å². The van der Waals surface area contributed by atoms with Gasteiger partial charge >= 0.3 is 12.1 Å². The first kappa shape index (κ1) is 35.1. The van der Waals surface area contributed by atoms with Gasteiger partial charge in [0.15, 0.2) is 0 Å². The maximum absolute atomic E-state index is 13.1. The Morgan fingerprint density at radius 1 is 1.09 bits per heavy atom. The molecule has 1 heterocycles. The molecule has 1 N–H and O–H groups in total. The molecule has 1 saturated heterocycles. The molecule has 1 aliphatic heterocycles. The Kier molecular flexibility index (Phi) is 12.7. The van der Waals surface area contributed by atoms with Crippen LogP contribution in [0.5, 0.6) is 0 Å². The van der Waals surface area contributed by atoms with Crippen LogP contribution in [0.25, 0.3) is 0 Å². The lowest BCUT2D eigenvalue weighted by Crippen LogP contribution is -2.51. The lowest BCUT2D eigenvalue weighted by atomic mass is 9.77. The standard InChI is InChI=1S/C36H50N4O6/c1-4-22-39(35(43)46-26-28-15-17-32(18-16-28)40(44)45)31-19-23-38(24-20-31)25-21-36(2,30-13-9-6-10-14-30)27-37(3)33(34(41)42)29-11-7-5-8-12-29/h4,6,9-10,13-18,29,31,33H,1,5,7-8,11-12,19-27H2,2-3H3,(H,41,42). The zero-order chi connectivity index (χ0) is 33.1. The average Bonchev–Trinajstić information content (AvgIpc) is 3.06. The second kappa shape index (κ2) is 16.7. The van der Waals surface area contributed by atoms with Gasteiger partial charge in [-0.1, -0.05) is 62.6 Å². The summed E-state index contributed by atoms with van der Waals surface area (Å²) in [5.74, 6) is -0.531. The van der Waals surface area contributed by atoms with Crippen molar-refractivity contribution < 1.29 is 24.4 Å². The number of nitro benzene ring substituents is 1. The highest BCUT2D eigenvalue weighted by molar-refractivity contribution is 5.74. The third-order valence-electron chi connectivity index (χ3n) is 9.94. The van der Waals surface area contributed by atoms with Gasteiger partial charge in [-0.2, -0.15) is 0 Å². The summed E-state index contributed by atoms with van der Waals surface area (Å²) in [7, 11) is 1.98. The summed E-state index contributed by atoms with van der Waals surface area (Å²) < 4.78 is 5.59. The number of carbonyl (C=O) groups excluding carboxylic acids is 1. The summed E-state index contributed by atoms with van der Waals surface area (Å²) in [6, 6.07) is 16.0. The van der Waals surface area contributed by atoms with E-state index in [2.05, 4.69) is 47.6 Å². The van der Waals surface area contributed by atoms with Crippen molar-refractivity contribution in [3.05, 3.63) is 88.5 Å². The van der Waals surface area contributed by atoms with E-state index in [1.54, 1.807) is 23.1 Å². The molecule has 2 aromatic carbocycles. The van der Waals surface area contributed by atoms with Gasteiger partial charge in [0, 0.05) is 49.8 Å². The van der Waals surface area contributed by atoms with Crippen molar-refractivity contribution in [2.24, 2.45) is 5.92 Å². The fraction of sp³-hybridized carbons (Fsp3) is 0.556. The lowest BCUT2D eigenvalue weighted by Gasteiger charge is -2.42. The van der Waals surface area contributed by atoms with Crippen LogP contribution in [0.1, 0.15) is 69.4 Å². The number of benzene rings is 2. The molecule has 2 fully saturated rings. The Morgan fingerprint density at radius 2 is 1.74 bits per heavy atom. The number of hydrogen-bond donors (Lipinski definition) is 1. The van der Waals surface area contributed by atoms with Gasteiger partial charge in [-0.05, 0) is 74.9 Å². The molecule has 10 heteroatoms. The van der Waals surface area contributed by atoms with Crippen molar-refractivity contribution in [2.75, 3.05) is 39.8 Å². The number of carboxylic acid groups (broad SMARTS) is 1. The molecule has 4 rings (SSSR count). The Labute approximate surface area is 273 Å². The molecule has 1 amide bonds. The van der Waals surface area contributed by atoms with E-state index in [0.717, 1.165) is 64.6 Å². The summed E-state index contributed by atoms with van der Waals surface area (Å²) in [6.45, 7) is 9.74. The number of amides is 1. The van der Waals surface area contributed by atoms with Crippen LogP contribution in [0.15, 0.2) is 67.3 Å². The second-order valence-electron chi connectivity index (χ2n) is 13.3. The van der Waals surface area contributed by atoms with Crippen LogP contribution < -0.4 is 0 Å². The largest absolute Gasteiger partial charge is 0.480 e. The van der Waals surface area contributed by atoms with Crippen LogP contribution in [0, 0.1) is 16.0 Å². The first-order valence-electron chi connectivity index (χ1n) is 16.6. The second-order valence-corrected chi connectivity index (χ2v) is 13.3. The smallest absolute Gasteiger partial charge is 0.410 e. The van der Waals surface area contributed by atoms with Gasteiger partial charge in [0.2, 0.25) is 0 Å². The fourth-order valence-electron chi connectivity index (χ4n) is 7.32. The van der Waals surface area contributed by atoms with Crippen LogP contribution in [0.3, 0.4) is 0 Å². The Bertz CT molecular complexity index is 1290. The number of likely N-dealkylation sites (N-methyl/N-ethyl adjacent to an activating group) is 1. The number of piperidine rings is 1. The SMILES string of the molecule is C=CCN(C(=O)OCc1ccc([N+](=O)[O-])cc1)C1CCN(CCC(C)(CN(C)C(C(=O)O)C2CCCCC2)c2ccccc2)CC1. The molecule has 250 valence electrons. The molecular formula is C36H50N4O6. The van der Waals surface area contributed by atoms with Gasteiger partial charge in [-0.15, -0.1) is 6.58 Å². The number of nitro groups is 1. The zero-order valence-corrected chi connectivity index (χ0v) is 27.4. The molecule has 2 atom stereocenters. The van der Waals surface area contributed by atoms with Gasteiger partial charge in [0.25, 0.3) is 5.69 Å². The molecule has 2 unspecified atom stereocenters. The van der Waals surface area contributed by atoms with E-state index in [4.69, 9.17) is 4.74 Å². The number of aliphatic carboxylic acids is 1. The van der Waals surface area contributed by atoms with E-state index < -0.39 is 23.0 Å². The monoisotopic (exact) mass is 634 g/mol. The minimum atomic E-state index is -0.720. The quantitative estimate of drug-likeness (QED) is 0.134. The first-order chi connectivity index (χ1) is 22.1. The van der Waals surface area contributed by atoms with Crippen molar-refractivity contribution in [3.63, 3.8) is 0 Å². The molecule has 0 radical (unpaired) electrons. The number of likely N-dealkylation sites (tertiary alicyclic amines) is 1. The fourth-order valence-corrected chi connectivity index (χ4v) is 7.32. The molecule has 10 nitrogen and oxygen atoms in total. The van der Waals surface area contributed by atoms with E-state index in [9.17, 15) is 24.8 Å². The Balaban J connectivity index is 1.34. The average molecular weight is 635 g/mol. The first-order valence-corrected chi connectivity index (χ1v) is 16.6. The molecule has 46 heavy (non-hydrogen) atoms. The van der Waals surface area contributed by atoms with E-state index >= 15 is 0 Å². The van der Waals surface area contributed by atoms with Crippen molar-refractivity contribution in [3.8, 4) is 0 Å². The number of carboxylic acids is 1. The molecule has 0 spiro atoms. The Hall–Kier alpha value is -3.76. The number of ether oxygens (including phenoxy) is 1. The van der Waals surface area contributed by atoms with E-state index in [0.29, 0.717) is 18.7 Å². The summed E-state index contributed by atoms with van der Waals surface area (Å²) in [4.78, 5) is 42.3. The summed E-state index contributed by atoms with van der Waals surface area (Å²) >= 11 is 0. The number of non-ortho nitro benzene ring substituents is 1. The van der Waals surface area contributed by atoms with Gasteiger partial charge in [0.05, 0.1) is 4.92 Å². The van der Waals surface area contributed by atoms with E-state index in [-0.39, 0.29) is 29.7 Å². The highest BCUT2D eigenvalue weighted by atomic mass is 16.6. The van der Waals surface area contributed by atoms with Crippen LogP contribution in [0.2, 0.25) is 0 Å². The Morgan fingerprint density at radius 3 is 2.33 bits per heavy atom. The number of rotatable bonds is 15. The predicted octanol–water partition coefficient (Wildman–Crippen LogP) is 6.50. The summed E-state index contributed by atoms with van der Waals surface area (Å²) in [5, 5.41) is 21.2. The third kappa shape index (κ3) is 9.39. The van der Waals surface area contributed by atoms with Crippen molar-refractivity contribution in [1.29, 1.82) is 0 Å². The molecule has 2 aliphatic rings. The molecule has 2 aromatic rings. The van der Waals surface area contributed by atoms with E-state index in [1.807, 2.05) is 13.1 Å². The van der Waals surface area contributed by atoms with Gasteiger partial charge in [-0.25, -0.2) is 4.79 Å². The maximum atomic E-state index is 13.1.